The molecule has 112 valence electrons. The van der Waals surface area contributed by atoms with Crippen molar-refractivity contribution in [1.29, 1.82) is 0 Å². The molecule has 0 aliphatic rings. The molecule has 1 nitrogen and oxygen atoms in total. The summed E-state index contributed by atoms with van der Waals surface area (Å²) in [6, 6.07) is 24.9. The maximum atomic E-state index is 12.2. The van der Waals surface area contributed by atoms with Gasteiger partial charge in [0.25, 0.3) is 0 Å². The van der Waals surface area contributed by atoms with Crippen LogP contribution in [0.25, 0.3) is 17.2 Å². The van der Waals surface area contributed by atoms with Crippen LogP contribution in [0.4, 0.5) is 0 Å². The number of carbonyl (C=O) groups is 1. The number of carbonyl (C=O) groups excluding carboxylic acids is 1. The quantitative estimate of drug-likeness (QED) is 0.432. The van der Waals surface area contributed by atoms with E-state index in [0.29, 0.717) is 10.6 Å². The fraction of sp³-hybridized carbons (Fsp3) is 0. The van der Waals surface area contributed by atoms with Gasteiger partial charge in [-0.25, -0.2) is 0 Å². The first kappa shape index (κ1) is 15.3. The standard InChI is InChI=1S/C21H15ClO/c22-20-13-7-6-12-19(20)18-11-5-4-8-16(18)14-15-21(23)17-9-2-1-3-10-17/h1-15H/b15-14+. The molecule has 0 atom stereocenters. The molecule has 23 heavy (non-hydrogen) atoms. The molecule has 0 spiro atoms. The molecule has 3 aromatic carbocycles. The van der Waals surface area contributed by atoms with Crippen LogP contribution in [0.1, 0.15) is 15.9 Å². The van der Waals surface area contributed by atoms with Gasteiger partial charge in [-0.3, -0.25) is 4.79 Å². The molecule has 0 saturated carbocycles. The van der Waals surface area contributed by atoms with Crippen molar-refractivity contribution in [3.63, 3.8) is 0 Å². The van der Waals surface area contributed by atoms with Crippen molar-refractivity contribution in [2.45, 2.75) is 0 Å². The van der Waals surface area contributed by atoms with Crippen molar-refractivity contribution in [1.82, 2.24) is 0 Å². The first-order chi connectivity index (χ1) is 11.3. The fourth-order valence-electron chi connectivity index (χ4n) is 2.43. The van der Waals surface area contributed by atoms with Gasteiger partial charge in [-0.1, -0.05) is 90.5 Å². The van der Waals surface area contributed by atoms with Gasteiger partial charge >= 0.3 is 0 Å². The smallest absolute Gasteiger partial charge is 0.185 e. The predicted molar refractivity (Wildman–Crippen MR) is 96.7 cm³/mol. The highest BCUT2D eigenvalue weighted by Crippen LogP contribution is 2.30. The second kappa shape index (κ2) is 7.08. The number of benzene rings is 3. The van der Waals surface area contributed by atoms with Crippen molar-refractivity contribution in [2.24, 2.45) is 0 Å². The molecular weight excluding hydrogens is 304 g/mol. The molecule has 0 aliphatic carbocycles. The topological polar surface area (TPSA) is 17.1 Å². The average molecular weight is 319 g/mol. The number of ketones is 1. The highest BCUT2D eigenvalue weighted by Gasteiger charge is 2.06. The maximum absolute atomic E-state index is 12.2. The molecule has 0 amide bonds. The number of hydrogen-bond donors (Lipinski definition) is 0. The Morgan fingerprint density at radius 1 is 0.739 bits per heavy atom. The highest BCUT2D eigenvalue weighted by atomic mass is 35.5. The molecule has 3 rings (SSSR count). The Labute approximate surface area is 140 Å². The third-order valence-electron chi connectivity index (χ3n) is 3.60. The molecule has 0 aromatic heterocycles. The summed E-state index contributed by atoms with van der Waals surface area (Å²) in [5.74, 6) is -0.0143. The van der Waals surface area contributed by atoms with E-state index in [2.05, 4.69) is 0 Å². The highest BCUT2D eigenvalue weighted by molar-refractivity contribution is 6.33. The Hall–Kier alpha value is -2.64. The van der Waals surface area contributed by atoms with Gasteiger partial charge < -0.3 is 0 Å². The van der Waals surface area contributed by atoms with Gasteiger partial charge in [-0.05, 0) is 23.3 Å². The maximum Gasteiger partial charge on any atom is 0.185 e. The van der Waals surface area contributed by atoms with Crippen molar-refractivity contribution in [3.8, 4) is 11.1 Å². The second-order valence-corrected chi connectivity index (χ2v) is 5.54. The SMILES string of the molecule is O=C(/C=C/c1ccccc1-c1ccccc1Cl)c1ccccc1. The largest absolute Gasteiger partial charge is 0.289 e. The fourth-order valence-corrected chi connectivity index (χ4v) is 2.67. The lowest BCUT2D eigenvalue weighted by Crippen LogP contribution is -1.93. The van der Waals surface area contributed by atoms with E-state index in [1.54, 1.807) is 6.08 Å². The van der Waals surface area contributed by atoms with Gasteiger partial charge in [0.1, 0.15) is 0 Å². The Morgan fingerprint density at radius 3 is 2.09 bits per heavy atom. The van der Waals surface area contributed by atoms with Crippen molar-refractivity contribution >= 4 is 23.5 Å². The first-order valence-corrected chi connectivity index (χ1v) is 7.75. The second-order valence-electron chi connectivity index (χ2n) is 5.13. The van der Waals surface area contributed by atoms with Crippen LogP contribution >= 0.6 is 11.6 Å². The Kier molecular flexibility index (Phi) is 4.70. The van der Waals surface area contributed by atoms with E-state index in [1.807, 2.05) is 84.9 Å². The summed E-state index contributed by atoms with van der Waals surface area (Å²) >= 11 is 6.30. The van der Waals surface area contributed by atoms with Crippen LogP contribution in [0.2, 0.25) is 5.02 Å². The Bertz CT molecular complexity index is 850. The van der Waals surface area contributed by atoms with E-state index in [4.69, 9.17) is 11.6 Å². The molecule has 0 N–H and O–H groups in total. The minimum absolute atomic E-state index is 0.0143. The number of rotatable bonds is 4. The van der Waals surface area contributed by atoms with Gasteiger partial charge in [0.05, 0.1) is 0 Å². The third-order valence-corrected chi connectivity index (χ3v) is 3.93. The van der Waals surface area contributed by atoms with E-state index in [0.717, 1.165) is 16.7 Å². The predicted octanol–water partition coefficient (Wildman–Crippen LogP) is 5.90. The monoisotopic (exact) mass is 318 g/mol. The summed E-state index contributed by atoms with van der Waals surface area (Å²) in [5.41, 5.74) is 3.61. The summed E-state index contributed by atoms with van der Waals surface area (Å²) < 4.78 is 0. The van der Waals surface area contributed by atoms with Crippen LogP contribution < -0.4 is 0 Å². The van der Waals surface area contributed by atoms with E-state index < -0.39 is 0 Å². The molecular formula is C21H15ClO. The molecule has 0 aliphatic heterocycles. The van der Waals surface area contributed by atoms with E-state index >= 15 is 0 Å². The van der Waals surface area contributed by atoms with E-state index in [9.17, 15) is 4.79 Å². The van der Waals surface area contributed by atoms with Crippen molar-refractivity contribution < 1.29 is 4.79 Å². The van der Waals surface area contributed by atoms with Gasteiger partial charge in [-0.2, -0.15) is 0 Å². The number of hydrogen-bond acceptors (Lipinski definition) is 1. The molecule has 3 aromatic rings. The first-order valence-electron chi connectivity index (χ1n) is 7.37. The van der Waals surface area contributed by atoms with Crippen LogP contribution in [0.3, 0.4) is 0 Å². The molecule has 0 fully saturated rings. The summed E-state index contributed by atoms with van der Waals surface area (Å²) in [6.45, 7) is 0. The van der Waals surface area contributed by atoms with Gasteiger partial charge in [0.2, 0.25) is 0 Å². The molecule has 0 heterocycles. The molecule has 2 heteroatoms. The molecule has 0 radical (unpaired) electrons. The minimum atomic E-state index is -0.0143. The molecule has 0 unspecified atom stereocenters. The number of halogens is 1. The summed E-state index contributed by atoms with van der Waals surface area (Å²) in [6.07, 6.45) is 3.44. The third kappa shape index (κ3) is 3.58. The van der Waals surface area contributed by atoms with Gasteiger partial charge in [0, 0.05) is 16.1 Å². The lowest BCUT2D eigenvalue weighted by Gasteiger charge is -2.08. The lowest BCUT2D eigenvalue weighted by atomic mass is 9.98. The van der Waals surface area contributed by atoms with E-state index in [1.165, 1.54) is 0 Å². The van der Waals surface area contributed by atoms with Crippen LogP contribution in [0.5, 0.6) is 0 Å². The van der Waals surface area contributed by atoms with E-state index in [-0.39, 0.29) is 5.78 Å². The summed E-state index contributed by atoms with van der Waals surface area (Å²) in [7, 11) is 0. The zero-order valence-corrected chi connectivity index (χ0v) is 13.2. The molecule has 0 saturated heterocycles. The zero-order valence-electron chi connectivity index (χ0n) is 12.4. The lowest BCUT2D eigenvalue weighted by molar-refractivity contribution is 0.104. The average Bonchev–Trinajstić information content (AvgIpc) is 2.61. The van der Waals surface area contributed by atoms with Crippen molar-refractivity contribution in [3.05, 3.63) is 101 Å². The van der Waals surface area contributed by atoms with Crippen LogP contribution in [0.15, 0.2) is 84.9 Å². The van der Waals surface area contributed by atoms with Crippen LogP contribution in [-0.4, -0.2) is 5.78 Å². The van der Waals surface area contributed by atoms with Crippen molar-refractivity contribution in [2.75, 3.05) is 0 Å². The van der Waals surface area contributed by atoms with Gasteiger partial charge in [0.15, 0.2) is 5.78 Å². The van der Waals surface area contributed by atoms with Crippen LogP contribution in [0, 0.1) is 0 Å². The Balaban J connectivity index is 1.94. The van der Waals surface area contributed by atoms with Crippen LogP contribution in [-0.2, 0) is 0 Å². The zero-order chi connectivity index (χ0) is 16.1. The minimum Gasteiger partial charge on any atom is -0.289 e. The normalized spacial score (nSPS) is 10.8. The Morgan fingerprint density at radius 2 is 1.35 bits per heavy atom. The summed E-state index contributed by atoms with van der Waals surface area (Å²) in [4.78, 5) is 12.2. The molecule has 0 bridgehead atoms. The summed E-state index contributed by atoms with van der Waals surface area (Å²) in [5, 5.41) is 0.697. The number of allylic oxidation sites excluding steroid dienone is 1. The van der Waals surface area contributed by atoms with Gasteiger partial charge in [-0.15, -0.1) is 0 Å².